The summed E-state index contributed by atoms with van der Waals surface area (Å²) in [5.74, 6) is 0. The van der Waals surface area contributed by atoms with Crippen LogP contribution >= 0.6 is 0 Å². The molecule has 0 amide bonds. The number of nitrogens with zero attached hydrogens (tertiary/aromatic N) is 2. The molecule has 0 saturated carbocycles. The Labute approximate surface area is 107 Å². The number of ether oxygens (including phenoxy) is 2. The molecule has 1 fully saturated rings. The zero-order valence-corrected chi connectivity index (χ0v) is 10.2. The fourth-order valence-electron chi connectivity index (χ4n) is 2.03. The predicted molar refractivity (Wildman–Crippen MR) is 62.2 cm³/mol. The lowest BCUT2D eigenvalue weighted by Gasteiger charge is -2.14. The number of nitrogens with one attached hydrogen (secondary N) is 1. The van der Waals surface area contributed by atoms with Crippen molar-refractivity contribution < 1.29 is 14.6 Å². The average molecular weight is 267 g/mol. The van der Waals surface area contributed by atoms with Crippen LogP contribution in [0.5, 0.6) is 0 Å². The van der Waals surface area contributed by atoms with Crippen LogP contribution in [0, 0.1) is 18.4 Å². The quantitative estimate of drug-likeness (QED) is 0.678. The molecule has 1 aromatic rings. The van der Waals surface area contributed by atoms with Crippen molar-refractivity contribution in [3.63, 3.8) is 0 Å². The van der Waals surface area contributed by atoms with Crippen molar-refractivity contribution in [2.75, 3.05) is 6.61 Å². The van der Waals surface area contributed by atoms with Crippen LogP contribution in [-0.2, 0) is 9.47 Å². The molecule has 8 nitrogen and oxygen atoms in total. The molecule has 1 saturated heterocycles. The Bertz CT molecular complexity index is 614. The highest BCUT2D eigenvalue weighted by Gasteiger charge is 2.38. The molecule has 102 valence electrons. The van der Waals surface area contributed by atoms with Gasteiger partial charge >= 0.3 is 5.69 Å². The smallest absolute Gasteiger partial charge is 0.330 e. The molecule has 2 rings (SSSR count). The van der Waals surface area contributed by atoms with Crippen molar-refractivity contribution in [3.05, 3.63) is 32.6 Å². The Hall–Kier alpha value is -2.11. The highest BCUT2D eigenvalue weighted by molar-refractivity contribution is 5.02. The first-order valence-corrected chi connectivity index (χ1v) is 5.70. The van der Waals surface area contributed by atoms with E-state index >= 15 is 0 Å². The summed E-state index contributed by atoms with van der Waals surface area (Å²) in [6, 6.07) is 0. The maximum Gasteiger partial charge on any atom is 0.330 e. The molecule has 1 aliphatic heterocycles. The largest absolute Gasteiger partial charge is 0.421 e. The first-order valence-electron chi connectivity index (χ1n) is 5.70. The van der Waals surface area contributed by atoms with Gasteiger partial charge in [-0.15, -0.1) is 0 Å². The lowest BCUT2D eigenvalue weighted by molar-refractivity contribution is -0.0463. The third-order valence-corrected chi connectivity index (χ3v) is 3.02. The first kappa shape index (κ1) is 13.3. The van der Waals surface area contributed by atoms with E-state index in [1.807, 2.05) is 0 Å². The van der Waals surface area contributed by atoms with Gasteiger partial charge in [-0.25, -0.2) is 4.79 Å². The number of aromatic nitrogens is 2. The van der Waals surface area contributed by atoms with Crippen LogP contribution in [-0.4, -0.2) is 33.5 Å². The number of rotatable bonds is 3. The van der Waals surface area contributed by atoms with Gasteiger partial charge in [-0.05, 0) is 6.92 Å². The Morgan fingerprint density at radius 2 is 2.42 bits per heavy atom. The minimum Gasteiger partial charge on any atom is -0.421 e. The molecule has 1 aliphatic rings. The van der Waals surface area contributed by atoms with Crippen LogP contribution in [0.4, 0.5) is 0 Å². The van der Waals surface area contributed by atoms with Crippen molar-refractivity contribution in [3.8, 4) is 6.26 Å². The van der Waals surface area contributed by atoms with Gasteiger partial charge in [-0.1, -0.05) is 0 Å². The van der Waals surface area contributed by atoms with Crippen LogP contribution in [0.2, 0.25) is 0 Å². The van der Waals surface area contributed by atoms with Gasteiger partial charge in [0.1, 0.15) is 18.4 Å². The van der Waals surface area contributed by atoms with Gasteiger partial charge in [0.05, 0.1) is 6.61 Å². The van der Waals surface area contributed by atoms with E-state index < -0.39 is 29.7 Å². The van der Waals surface area contributed by atoms with Gasteiger partial charge in [0.2, 0.25) is 0 Å². The van der Waals surface area contributed by atoms with E-state index in [0.717, 1.165) is 0 Å². The van der Waals surface area contributed by atoms with Gasteiger partial charge in [0, 0.05) is 18.2 Å². The summed E-state index contributed by atoms with van der Waals surface area (Å²) in [5.41, 5.74) is -0.689. The Kier molecular flexibility index (Phi) is 3.69. The number of hydrogen-bond donors (Lipinski definition) is 2. The van der Waals surface area contributed by atoms with Gasteiger partial charge < -0.3 is 14.6 Å². The highest BCUT2D eigenvalue weighted by Crippen LogP contribution is 2.29. The predicted octanol–water partition coefficient (Wildman–Crippen LogP) is -1.01. The molecular weight excluding hydrogens is 254 g/mol. The lowest BCUT2D eigenvalue weighted by Crippen LogP contribution is -2.33. The first-order chi connectivity index (χ1) is 9.06. The van der Waals surface area contributed by atoms with Crippen molar-refractivity contribution in [2.24, 2.45) is 0 Å². The fraction of sp³-hybridized carbons (Fsp3) is 0.545. The summed E-state index contributed by atoms with van der Waals surface area (Å²) in [6.07, 6.45) is 1.20. The summed E-state index contributed by atoms with van der Waals surface area (Å²) in [7, 11) is 0. The van der Waals surface area contributed by atoms with E-state index in [-0.39, 0.29) is 13.0 Å². The number of aliphatic hydroxyl groups excluding tert-OH is 1. The van der Waals surface area contributed by atoms with Crippen molar-refractivity contribution in [1.82, 2.24) is 9.55 Å². The molecule has 0 aliphatic carbocycles. The monoisotopic (exact) mass is 267 g/mol. The molecule has 3 atom stereocenters. The number of nitriles is 1. The molecule has 1 unspecified atom stereocenters. The Morgan fingerprint density at radius 1 is 1.68 bits per heavy atom. The molecule has 1 aromatic heterocycles. The number of hydrogen-bond acceptors (Lipinski definition) is 6. The Balaban J connectivity index is 2.30. The van der Waals surface area contributed by atoms with Crippen molar-refractivity contribution in [1.29, 1.82) is 5.26 Å². The highest BCUT2D eigenvalue weighted by atomic mass is 16.6. The lowest BCUT2D eigenvalue weighted by atomic mass is 10.2. The third-order valence-electron chi connectivity index (χ3n) is 3.02. The molecular formula is C11H13N3O5. The van der Waals surface area contributed by atoms with E-state index in [4.69, 9.17) is 19.8 Å². The maximum absolute atomic E-state index is 11.7. The molecule has 0 radical (unpaired) electrons. The van der Waals surface area contributed by atoms with Crippen LogP contribution in [0.25, 0.3) is 0 Å². The zero-order valence-electron chi connectivity index (χ0n) is 10.2. The number of aryl methyl sites for hydroxylation is 1. The zero-order chi connectivity index (χ0) is 14.0. The van der Waals surface area contributed by atoms with Crippen molar-refractivity contribution in [2.45, 2.75) is 31.8 Å². The van der Waals surface area contributed by atoms with E-state index in [9.17, 15) is 9.59 Å². The standard InChI is InChI=1S/C11H13N3O5/c1-6-3-14(11(17)13-10(6)16)9-2-7(18-5-12)8(4-15)19-9/h3,7-9,15H,2,4H2,1H3,(H,13,16,17)/t7?,8-,9-/m1/s1. The molecule has 2 N–H and O–H groups in total. The maximum atomic E-state index is 11.7. The number of H-pyrrole nitrogens is 1. The summed E-state index contributed by atoms with van der Waals surface area (Å²) in [5, 5.41) is 17.6. The SMILES string of the molecule is Cc1cn([C@H]2CC(OC#N)[C@@H](CO)O2)c(=O)[nH]c1=O. The van der Waals surface area contributed by atoms with E-state index in [2.05, 4.69) is 4.98 Å². The average Bonchev–Trinajstić information content (AvgIpc) is 2.77. The molecule has 2 heterocycles. The van der Waals surface area contributed by atoms with Crippen LogP contribution in [0.1, 0.15) is 18.2 Å². The molecule has 0 aromatic carbocycles. The summed E-state index contributed by atoms with van der Waals surface area (Å²) < 4.78 is 11.5. The van der Waals surface area contributed by atoms with E-state index in [1.54, 1.807) is 13.2 Å². The topological polar surface area (TPSA) is 117 Å². The van der Waals surface area contributed by atoms with Gasteiger partial charge in [-0.3, -0.25) is 14.3 Å². The van der Waals surface area contributed by atoms with E-state index in [1.165, 1.54) is 10.8 Å². The molecule has 0 bridgehead atoms. The van der Waals surface area contributed by atoms with Crippen LogP contribution in [0.3, 0.4) is 0 Å². The second-order valence-corrected chi connectivity index (χ2v) is 4.27. The third kappa shape index (κ3) is 2.52. The molecule has 0 spiro atoms. The van der Waals surface area contributed by atoms with E-state index in [0.29, 0.717) is 5.56 Å². The van der Waals surface area contributed by atoms with Crippen LogP contribution < -0.4 is 11.2 Å². The van der Waals surface area contributed by atoms with Gasteiger partial charge in [0.15, 0.2) is 0 Å². The second kappa shape index (κ2) is 5.26. The van der Waals surface area contributed by atoms with Crippen LogP contribution in [0.15, 0.2) is 15.8 Å². The minimum atomic E-state index is -0.682. The summed E-state index contributed by atoms with van der Waals surface area (Å²) in [4.78, 5) is 25.1. The minimum absolute atomic E-state index is 0.240. The van der Waals surface area contributed by atoms with Crippen molar-refractivity contribution >= 4 is 0 Å². The summed E-state index contributed by atoms with van der Waals surface area (Å²) in [6.45, 7) is 1.25. The molecule has 19 heavy (non-hydrogen) atoms. The normalized spacial score (nSPS) is 26.1. The number of aliphatic hydroxyl groups is 1. The second-order valence-electron chi connectivity index (χ2n) is 4.27. The Morgan fingerprint density at radius 3 is 3.05 bits per heavy atom. The fourth-order valence-corrected chi connectivity index (χ4v) is 2.03. The van der Waals surface area contributed by atoms with Gasteiger partial charge in [-0.2, -0.15) is 5.26 Å². The molecule has 8 heteroatoms. The number of aromatic amines is 1. The van der Waals surface area contributed by atoms with Gasteiger partial charge in [0.25, 0.3) is 11.8 Å². The summed E-state index contributed by atoms with van der Waals surface area (Å²) >= 11 is 0.